The number of nitrogens with zero attached hydrogens (tertiary/aromatic N) is 1. The summed E-state index contributed by atoms with van der Waals surface area (Å²) in [5.74, 6) is -0.629. The maximum Gasteiger partial charge on any atom is 0.251 e. The van der Waals surface area contributed by atoms with Gasteiger partial charge in [-0.25, -0.2) is 4.98 Å². The second-order valence-corrected chi connectivity index (χ2v) is 6.75. The molecule has 4 rings (SSSR count). The Morgan fingerprint density at radius 3 is 2.55 bits per heavy atom. The molecule has 0 saturated carbocycles. The molecule has 0 aliphatic carbocycles. The maximum absolute atomic E-state index is 12.4. The van der Waals surface area contributed by atoms with Crippen LogP contribution in [-0.4, -0.2) is 39.5 Å². The van der Waals surface area contributed by atoms with Gasteiger partial charge in [-0.2, -0.15) is 0 Å². The standard InChI is InChI=1S/C22H20N4O3/c27-13-19(21(29)26-22-24-17-7-3-4-8-18(17)25-22)23-20(28)12-14-9-10-15-5-1-2-6-16(15)11-14/h1-11,19,27H,12-13H2,(H,23,28)(H2,24,25,26,29). The molecule has 4 N–H and O–H groups in total. The van der Waals surface area contributed by atoms with Gasteiger partial charge in [0.05, 0.1) is 24.1 Å². The monoisotopic (exact) mass is 388 g/mol. The second kappa shape index (κ2) is 8.12. The van der Waals surface area contributed by atoms with Crippen molar-refractivity contribution < 1.29 is 14.7 Å². The summed E-state index contributed by atoms with van der Waals surface area (Å²) in [6, 6.07) is 19.9. The number of anilines is 1. The number of fused-ring (bicyclic) bond motifs is 2. The molecule has 2 amide bonds. The zero-order chi connectivity index (χ0) is 20.2. The summed E-state index contributed by atoms with van der Waals surface area (Å²) in [5.41, 5.74) is 2.32. The first kappa shape index (κ1) is 18.6. The SMILES string of the molecule is O=C(Cc1ccc2ccccc2c1)NC(CO)C(=O)Nc1nc2ccccc2[nH]1. The molecule has 1 atom stereocenters. The lowest BCUT2D eigenvalue weighted by Crippen LogP contribution is -2.46. The number of amides is 2. The van der Waals surface area contributed by atoms with E-state index >= 15 is 0 Å². The summed E-state index contributed by atoms with van der Waals surface area (Å²) in [4.78, 5) is 32.1. The van der Waals surface area contributed by atoms with Gasteiger partial charge in [0.15, 0.2) is 0 Å². The minimum Gasteiger partial charge on any atom is -0.394 e. The summed E-state index contributed by atoms with van der Waals surface area (Å²) >= 11 is 0. The van der Waals surface area contributed by atoms with Gasteiger partial charge in [-0.3, -0.25) is 14.9 Å². The van der Waals surface area contributed by atoms with Gasteiger partial charge in [-0.15, -0.1) is 0 Å². The molecule has 0 aliphatic heterocycles. The van der Waals surface area contributed by atoms with Crippen molar-refractivity contribution in [2.75, 3.05) is 11.9 Å². The molecule has 1 heterocycles. The number of benzene rings is 3. The Labute approximate surface area is 166 Å². The fourth-order valence-electron chi connectivity index (χ4n) is 3.19. The Bertz CT molecular complexity index is 1150. The maximum atomic E-state index is 12.4. The Morgan fingerprint density at radius 1 is 1.00 bits per heavy atom. The highest BCUT2D eigenvalue weighted by molar-refractivity contribution is 5.97. The van der Waals surface area contributed by atoms with E-state index in [0.717, 1.165) is 21.9 Å². The zero-order valence-corrected chi connectivity index (χ0v) is 15.6. The molecule has 1 unspecified atom stereocenters. The van der Waals surface area contributed by atoms with Gasteiger partial charge >= 0.3 is 0 Å². The first-order valence-electron chi connectivity index (χ1n) is 9.26. The number of carbonyl (C=O) groups is 2. The highest BCUT2D eigenvalue weighted by Gasteiger charge is 2.21. The second-order valence-electron chi connectivity index (χ2n) is 6.75. The topological polar surface area (TPSA) is 107 Å². The van der Waals surface area contributed by atoms with Crippen LogP contribution in [0.5, 0.6) is 0 Å². The zero-order valence-electron chi connectivity index (χ0n) is 15.6. The predicted molar refractivity (Wildman–Crippen MR) is 111 cm³/mol. The lowest BCUT2D eigenvalue weighted by molar-refractivity contribution is -0.127. The van der Waals surface area contributed by atoms with Crippen molar-refractivity contribution in [3.63, 3.8) is 0 Å². The lowest BCUT2D eigenvalue weighted by Gasteiger charge is -2.15. The number of imidazole rings is 1. The Balaban J connectivity index is 1.40. The van der Waals surface area contributed by atoms with Crippen molar-refractivity contribution in [2.45, 2.75) is 12.5 Å². The van der Waals surface area contributed by atoms with Crippen molar-refractivity contribution in [1.29, 1.82) is 0 Å². The number of para-hydroxylation sites is 2. The highest BCUT2D eigenvalue weighted by atomic mass is 16.3. The highest BCUT2D eigenvalue weighted by Crippen LogP contribution is 2.16. The van der Waals surface area contributed by atoms with Crippen LogP contribution in [0.4, 0.5) is 5.95 Å². The molecule has 3 aromatic carbocycles. The molecule has 0 fully saturated rings. The van der Waals surface area contributed by atoms with Crippen molar-refractivity contribution in [3.8, 4) is 0 Å². The van der Waals surface area contributed by atoms with Crippen LogP contribution in [0.25, 0.3) is 21.8 Å². The molecule has 0 saturated heterocycles. The molecule has 0 spiro atoms. The number of aromatic amines is 1. The molecule has 1 aromatic heterocycles. The molecule has 0 bridgehead atoms. The van der Waals surface area contributed by atoms with Crippen LogP contribution in [0.1, 0.15) is 5.56 Å². The van der Waals surface area contributed by atoms with E-state index in [2.05, 4.69) is 20.6 Å². The number of aliphatic hydroxyl groups excluding tert-OH is 1. The summed E-state index contributed by atoms with van der Waals surface area (Å²) in [6.45, 7) is -0.518. The van der Waals surface area contributed by atoms with E-state index in [1.807, 2.05) is 66.7 Å². The van der Waals surface area contributed by atoms with Gasteiger partial charge in [0.1, 0.15) is 6.04 Å². The van der Waals surface area contributed by atoms with Gasteiger partial charge in [0.25, 0.3) is 5.91 Å². The van der Waals surface area contributed by atoms with Crippen molar-refractivity contribution >= 4 is 39.6 Å². The molecule has 0 radical (unpaired) electrons. The molecular weight excluding hydrogens is 368 g/mol. The van der Waals surface area contributed by atoms with Crippen molar-refractivity contribution in [1.82, 2.24) is 15.3 Å². The van der Waals surface area contributed by atoms with Crippen LogP contribution in [0.15, 0.2) is 66.7 Å². The molecule has 4 aromatic rings. The number of aliphatic hydroxyl groups is 1. The number of H-pyrrole nitrogens is 1. The van der Waals surface area contributed by atoms with Gasteiger partial charge in [-0.05, 0) is 28.5 Å². The lowest BCUT2D eigenvalue weighted by atomic mass is 10.0. The van der Waals surface area contributed by atoms with Crippen molar-refractivity contribution in [3.05, 3.63) is 72.3 Å². The third-order valence-electron chi connectivity index (χ3n) is 4.64. The molecule has 7 heteroatoms. The van der Waals surface area contributed by atoms with Crippen LogP contribution in [0, 0.1) is 0 Å². The summed E-state index contributed by atoms with van der Waals surface area (Å²) in [6.07, 6.45) is 0.110. The van der Waals surface area contributed by atoms with E-state index in [1.165, 1.54) is 0 Å². The normalized spacial score (nSPS) is 12.0. The van der Waals surface area contributed by atoms with E-state index in [9.17, 15) is 14.7 Å². The van der Waals surface area contributed by atoms with E-state index in [1.54, 1.807) is 0 Å². The molecular formula is C22H20N4O3. The van der Waals surface area contributed by atoms with Gasteiger partial charge in [-0.1, -0.05) is 54.6 Å². The smallest absolute Gasteiger partial charge is 0.251 e. The third-order valence-corrected chi connectivity index (χ3v) is 4.64. The number of hydrogen-bond donors (Lipinski definition) is 4. The Morgan fingerprint density at radius 2 is 1.76 bits per heavy atom. The first-order valence-corrected chi connectivity index (χ1v) is 9.26. The molecule has 7 nitrogen and oxygen atoms in total. The number of aromatic nitrogens is 2. The van der Waals surface area contributed by atoms with Crippen molar-refractivity contribution in [2.24, 2.45) is 0 Å². The average Bonchev–Trinajstić information content (AvgIpc) is 3.14. The first-order chi connectivity index (χ1) is 14.1. The van der Waals surface area contributed by atoms with E-state index in [0.29, 0.717) is 5.52 Å². The Kier molecular flexibility index (Phi) is 5.22. The van der Waals surface area contributed by atoms with Crippen LogP contribution in [0.2, 0.25) is 0 Å². The quantitative estimate of drug-likeness (QED) is 0.407. The number of rotatable bonds is 6. The molecule has 29 heavy (non-hydrogen) atoms. The Hall–Kier alpha value is -3.71. The fourth-order valence-corrected chi connectivity index (χ4v) is 3.19. The third kappa shape index (κ3) is 4.25. The number of hydrogen-bond acceptors (Lipinski definition) is 4. The number of carbonyl (C=O) groups excluding carboxylic acids is 2. The minimum absolute atomic E-state index is 0.110. The predicted octanol–water partition coefficient (Wildman–Crippen LogP) is 2.37. The van der Waals surface area contributed by atoms with Crippen LogP contribution in [0.3, 0.4) is 0 Å². The molecule has 146 valence electrons. The van der Waals surface area contributed by atoms with E-state index < -0.39 is 18.6 Å². The van der Waals surface area contributed by atoms with Gasteiger partial charge in [0.2, 0.25) is 11.9 Å². The number of nitrogens with one attached hydrogen (secondary N) is 3. The van der Waals surface area contributed by atoms with E-state index in [4.69, 9.17) is 0 Å². The minimum atomic E-state index is -1.07. The van der Waals surface area contributed by atoms with Gasteiger partial charge < -0.3 is 15.4 Å². The summed E-state index contributed by atoms with van der Waals surface area (Å²) in [7, 11) is 0. The average molecular weight is 388 g/mol. The molecule has 0 aliphatic rings. The summed E-state index contributed by atoms with van der Waals surface area (Å²) < 4.78 is 0. The van der Waals surface area contributed by atoms with Gasteiger partial charge in [0, 0.05) is 0 Å². The summed E-state index contributed by atoms with van der Waals surface area (Å²) in [5, 5.41) is 16.9. The fraction of sp³-hybridized carbons (Fsp3) is 0.136. The van der Waals surface area contributed by atoms with Crippen LogP contribution < -0.4 is 10.6 Å². The van der Waals surface area contributed by atoms with Crippen LogP contribution in [-0.2, 0) is 16.0 Å². The van der Waals surface area contributed by atoms with Crippen LogP contribution >= 0.6 is 0 Å². The largest absolute Gasteiger partial charge is 0.394 e. The van der Waals surface area contributed by atoms with E-state index in [-0.39, 0.29) is 18.3 Å².